The first-order valence-electron chi connectivity index (χ1n) is 9.44. The molecule has 1 aromatic heterocycles. The van der Waals surface area contributed by atoms with Gasteiger partial charge in [-0.15, -0.1) is 0 Å². The molecule has 7 heteroatoms. The molecule has 28 heavy (non-hydrogen) atoms. The maximum atomic E-state index is 13.2. The number of carbonyl (C=O) groups excluding carboxylic acids is 1. The molecule has 1 aliphatic heterocycles. The van der Waals surface area contributed by atoms with Crippen LogP contribution in [0.4, 0.5) is 5.82 Å². The summed E-state index contributed by atoms with van der Waals surface area (Å²) in [5.74, 6) is 0.949. The van der Waals surface area contributed by atoms with Gasteiger partial charge in [0.1, 0.15) is 17.4 Å². The van der Waals surface area contributed by atoms with E-state index < -0.39 is 0 Å². The third-order valence-electron chi connectivity index (χ3n) is 5.82. The van der Waals surface area contributed by atoms with Crippen LogP contribution in [-0.4, -0.2) is 35.2 Å². The molecule has 0 amide bonds. The quantitative estimate of drug-likeness (QED) is 0.608. The number of methoxy groups -OCH3 is 1. The first-order valence-corrected chi connectivity index (χ1v) is 10.7. The van der Waals surface area contributed by atoms with Crippen molar-refractivity contribution >= 4 is 23.4 Å². The Morgan fingerprint density at radius 1 is 1.21 bits per heavy atom. The summed E-state index contributed by atoms with van der Waals surface area (Å²) in [4.78, 5) is 33.6. The molecule has 2 heterocycles. The zero-order valence-corrected chi connectivity index (χ0v) is 17.4. The molecule has 3 unspecified atom stereocenters. The number of aromatic amines is 1. The van der Waals surface area contributed by atoms with Gasteiger partial charge in [0, 0.05) is 24.3 Å². The van der Waals surface area contributed by atoms with Gasteiger partial charge in [-0.05, 0) is 35.8 Å². The van der Waals surface area contributed by atoms with Crippen molar-refractivity contribution in [1.29, 1.82) is 0 Å². The van der Waals surface area contributed by atoms with Gasteiger partial charge in [-0.25, -0.2) is 4.98 Å². The smallest absolute Gasteiger partial charge is 0.257 e. The molecule has 2 aromatic rings. The van der Waals surface area contributed by atoms with Crippen LogP contribution in [0, 0.1) is 11.3 Å². The molecule has 148 valence electrons. The fourth-order valence-electron chi connectivity index (χ4n) is 4.66. The van der Waals surface area contributed by atoms with E-state index in [0.29, 0.717) is 23.0 Å². The van der Waals surface area contributed by atoms with E-state index in [1.54, 1.807) is 7.11 Å². The number of ether oxygens (including phenoxy) is 1. The number of Topliss-reactive ketones (excluding diaryl/α,β-unsaturated/α-hetero) is 1. The van der Waals surface area contributed by atoms with Crippen molar-refractivity contribution in [3.8, 4) is 5.75 Å². The molecule has 1 saturated carbocycles. The SMILES string of the molecule is COc1ccc(C2c3c(nc(SC)[nH]c3=O)NC3CC(C)(C)CC(=O)C32)cc1. The van der Waals surface area contributed by atoms with Gasteiger partial charge in [0.2, 0.25) is 0 Å². The van der Waals surface area contributed by atoms with Gasteiger partial charge in [-0.3, -0.25) is 9.59 Å². The highest BCUT2D eigenvalue weighted by Gasteiger charge is 2.49. The second-order valence-electron chi connectivity index (χ2n) is 8.38. The van der Waals surface area contributed by atoms with E-state index in [4.69, 9.17) is 4.74 Å². The Morgan fingerprint density at radius 3 is 2.57 bits per heavy atom. The summed E-state index contributed by atoms with van der Waals surface area (Å²) in [6.45, 7) is 4.25. The van der Waals surface area contributed by atoms with Crippen LogP contribution in [0.3, 0.4) is 0 Å². The average molecular weight is 400 g/mol. The van der Waals surface area contributed by atoms with Crippen molar-refractivity contribution in [2.24, 2.45) is 11.3 Å². The number of nitrogens with zero attached hydrogens (tertiary/aromatic N) is 1. The third kappa shape index (κ3) is 3.21. The lowest BCUT2D eigenvalue weighted by Crippen LogP contribution is -2.51. The zero-order chi connectivity index (χ0) is 20.1. The molecule has 1 aliphatic carbocycles. The maximum absolute atomic E-state index is 13.2. The largest absolute Gasteiger partial charge is 0.497 e. The van der Waals surface area contributed by atoms with Crippen molar-refractivity contribution in [2.45, 2.75) is 43.8 Å². The first kappa shape index (κ1) is 19.1. The van der Waals surface area contributed by atoms with Gasteiger partial charge in [0.25, 0.3) is 5.56 Å². The fraction of sp³-hybridized carbons (Fsp3) is 0.476. The number of hydrogen-bond donors (Lipinski definition) is 2. The molecule has 0 radical (unpaired) electrons. The number of benzene rings is 1. The van der Waals surface area contributed by atoms with Crippen molar-refractivity contribution in [2.75, 3.05) is 18.7 Å². The highest BCUT2D eigenvalue weighted by molar-refractivity contribution is 7.98. The van der Waals surface area contributed by atoms with Crippen LogP contribution in [0.15, 0.2) is 34.2 Å². The van der Waals surface area contributed by atoms with E-state index in [2.05, 4.69) is 29.1 Å². The summed E-state index contributed by atoms with van der Waals surface area (Å²) in [6.07, 6.45) is 3.26. The molecule has 3 atom stereocenters. The average Bonchev–Trinajstić information content (AvgIpc) is 2.65. The number of H-pyrrole nitrogens is 1. The van der Waals surface area contributed by atoms with E-state index in [9.17, 15) is 9.59 Å². The fourth-order valence-corrected chi connectivity index (χ4v) is 5.04. The molecular weight excluding hydrogens is 374 g/mol. The number of rotatable bonds is 3. The van der Waals surface area contributed by atoms with E-state index in [0.717, 1.165) is 17.7 Å². The van der Waals surface area contributed by atoms with Crippen LogP contribution in [0.2, 0.25) is 0 Å². The molecule has 1 fully saturated rings. The number of fused-ring (bicyclic) bond motifs is 2. The van der Waals surface area contributed by atoms with E-state index in [1.165, 1.54) is 11.8 Å². The second-order valence-corrected chi connectivity index (χ2v) is 9.17. The molecule has 1 aromatic carbocycles. The predicted molar refractivity (Wildman–Crippen MR) is 110 cm³/mol. The number of aromatic nitrogens is 2. The highest BCUT2D eigenvalue weighted by Crippen LogP contribution is 2.48. The van der Waals surface area contributed by atoms with Crippen LogP contribution in [0.1, 0.15) is 43.7 Å². The van der Waals surface area contributed by atoms with Gasteiger partial charge < -0.3 is 15.0 Å². The van der Waals surface area contributed by atoms with E-state index in [-0.39, 0.29) is 34.6 Å². The lowest BCUT2D eigenvalue weighted by Gasteiger charge is -2.46. The third-order valence-corrected chi connectivity index (χ3v) is 6.40. The van der Waals surface area contributed by atoms with Gasteiger partial charge in [-0.2, -0.15) is 0 Å². The first-order chi connectivity index (χ1) is 13.3. The Kier molecular flexibility index (Phi) is 4.73. The molecule has 0 bridgehead atoms. The lowest BCUT2D eigenvalue weighted by molar-refractivity contribution is -0.129. The molecule has 2 aliphatic rings. The van der Waals surface area contributed by atoms with Gasteiger partial charge in [-0.1, -0.05) is 37.7 Å². The summed E-state index contributed by atoms with van der Waals surface area (Å²) >= 11 is 1.40. The Labute approximate surface area is 168 Å². The van der Waals surface area contributed by atoms with Gasteiger partial charge >= 0.3 is 0 Å². The predicted octanol–water partition coefficient (Wildman–Crippen LogP) is 3.43. The summed E-state index contributed by atoms with van der Waals surface area (Å²) < 4.78 is 5.27. The Bertz CT molecular complexity index is 968. The molecule has 0 spiro atoms. The monoisotopic (exact) mass is 399 g/mol. The lowest BCUT2D eigenvalue weighted by atomic mass is 9.62. The van der Waals surface area contributed by atoms with Crippen LogP contribution in [0.25, 0.3) is 0 Å². The highest BCUT2D eigenvalue weighted by atomic mass is 32.2. The Hall–Kier alpha value is -2.28. The number of anilines is 1. The second kappa shape index (κ2) is 6.95. The normalized spacial score (nSPS) is 25.4. The Morgan fingerprint density at radius 2 is 1.93 bits per heavy atom. The van der Waals surface area contributed by atoms with Crippen molar-refractivity contribution in [3.63, 3.8) is 0 Å². The van der Waals surface area contributed by atoms with Crippen LogP contribution >= 0.6 is 11.8 Å². The summed E-state index contributed by atoms with van der Waals surface area (Å²) in [5.41, 5.74) is 1.24. The maximum Gasteiger partial charge on any atom is 0.257 e. The van der Waals surface area contributed by atoms with Crippen LogP contribution in [0.5, 0.6) is 5.75 Å². The summed E-state index contributed by atoms with van der Waals surface area (Å²) in [7, 11) is 1.62. The van der Waals surface area contributed by atoms with Crippen LogP contribution < -0.4 is 15.6 Å². The molecule has 4 rings (SSSR count). The number of nitrogens with one attached hydrogen (secondary N) is 2. The molecule has 6 nitrogen and oxygen atoms in total. The van der Waals surface area contributed by atoms with E-state index in [1.807, 2.05) is 30.5 Å². The van der Waals surface area contributed by atoms with E-state index >= 15 is 0 Å². The van der Waals surface area contributed by atoms with Gasteiger partial charge in [0.15, 0.2) is 5.16 Å². The minimum Gasteiger partial charge on any atom is -0.497 e. The van der Waals surface area contributed by atoms with Crippen molar-refractivity contribution in [3.05, 3.63) is 45.7 Å². The van der Waals surface area contributed by atoms with Crippen molar-refractivity contribution in [1.82, 2.24) is 9.97 Å². The Balaban J connectivity index is 1.90. The summed E-state index contributed by atoms with van der Waals surface area (Å²) in [6, 6.07) is 7.61. The number of thioether (sulfide) groups is 1. The molecular formula is C21H25N3O3S. The molecule has 0 saturated heterocycles. The topological polar surface area (TPSA) is 84.1 Å². The minimum atomic E-state index is -0.317. The van der Waals surface area contributed by atoms with Crippen LogP contribution in [-0.2, 0) is 4.79 Å². The van der Waals surface area contributed by atoms with Crippen molar-refractivity contribution < 1.29 is 9.53 Å². The standard InChI is InChI=1S/C21H25N3O3S/c1-21(2)9-13-16(14(25)10-21)15(11-5-7-12(27-3)8-6-11)17-18(22-13)23-20(28-4)24-19(17)26/h5-8,13,15-16H,9-10H2,1-4H3,(H2,22,23,24,26). The number of ketones is 1. The van der Waals surface area contributed by atoms with Gasteiger partial charge in [0.05, 0.1) is 12.7 Å². The number of carbonyl (C=O) groups is 1. The zero-order valence-electron chi connectivity index (χ0n) is 16.5. The molecule has 2 N–H and O–H groups in total. The summed E-state index contributed by atoms with van der Waals surface area (Å²) in [5, 5.41) is 4.01. The minimum absolute atomic E-state index is 0.0418. The number of hydrogen-bond acceptors (Lipinski definition) is 6.